The number of benzene rings is 1. The maximum absolute atomic E-state index is 11.5. The summed E-state index contributed by atoms with van der Waals surface area (Å²) in [7, 11) is 0. The molecule has 0 fully saturated rings. The van der Waals surface area contributed by atoms with Crippen LogP contribution in [0.2, 0.25) is 0 Å². The number of hydrogen-bond acceptors (Lipinski definition) is 5. The number of rotatable bonds is 4. The zero-order valence-corrected chi connectivity index (χ0v) is 10.0. The van der Waals surface area contributed by atoms with Gasteiger partial charge in [-0.05, 0) is 25.5 Å². The van der Waals surface area contributed by atoms with E-state index in [2.05, 4.69) is 0 Å². The summed E-state index contributed by atoms with van der Waals surface area (Å²) in [5.41, 5.74) is 0.196. The summed E-state index contributed by atoms with van der Waals surface area (Å²) in [5.74, 6) is -0.979. The van der Waals surface area contributed by atoms with Crippen LogP contribution in [0, 0.1) is 21.4 Å². The van der Waals surface area contributed by atoms with Crippen LogP contribution < -0.4 is 0 Å². The zero-order chi connectivity index (χ0) is 13.7. The number of nitriles is 1. The van der Waals surface area contributed by atoms with Gasteiger partial charge in [-0.25, -0.2) is 0 Å². The van der Waals surface area contributed by atoms with Crippen LogP contribution in [0.15, 0.2) is 18.2 Å². The van der Waals surface area contributed by atoms with Crippen LogP contribution in [0.1, 0.15) is 30.9 Å². The van der Waals surface area contributed by atoms with Gasteiger partial charge in [0.05, 0.1) is 17.4 Å². The summed E-state index contributed by atoms with van der Waals surface area (Å²) in [6, 6.07) is 5.78. The van der Waals surface area contributed by atoms with E-state index in [1.165, 1.54) is 18.2 Å². The molecule has 1 aromatic rings. The molecule has 0 bridgehead atoms. The van der Waals surface area contributed by atoms with E-state index >= 15 is 0 Å². The largest absolute Gasteiger partial charge is 0.466 e. The van der Waals surface area contributed by atoms with E-state index in [0.717, 1.165) is 0 Å². The molecule has 18 heavy (non-hydrogen) atoms. The van der Waals surface area contributed by atoms with Crippen molar-refractivity contribution in [3.8, 4) is 6.07 Å². The SMILES string of the molecule is CCOC(=O)C(C)c1ccc([N+](=O)[O-])c(C#N)c1. The predicted molar refractivity (Wildman–Crippen MR) is 62.9 cm³/mol. The molecule has 0 aliphatic carbocycles. The number of esters is 1. The first-order valence-electron chi connectivity index (χ1n) is 5.36. The standard InChI is InChI=1S/C12H12N2O4/c1-3-18-12(15)8(2)9-4-5-11(14(16)17)10(6-9)7-13/h4-6,8H,3H2,1-2H3. The van der Waals surface area contributed by atoms with E-state index in [0.29, 0.717) is 5.56 Å². The molecule has 0 saturated carbocycles. The average Bonchev–Trinajstić information content (AvgIpc) is 2.37. The van der Waals surface area contributed by atoms with Gasteiger partial charge >= 0.3 is 5.97 Å². The molecule has 0 aliphatic heterocycles. The smallest absolute Gasteiger partial charge is 0.313 e. The zero-order valence-electron chi connectivity index (χ0n) is 10.0. The summed E-state index contributed by atoms with van der Waals surface area (Å²) in [4.78, 5) is 21.6. The lowest BCUT2D eigenvalue weighted by molar-refractivity contribution is -0.385. The Morgan fingerprint density at radius 3 is 2.78 bits per heavy atom. The van der Waals surface area contributed by atoms with E-state index in [1.54, 1.807) is 19.9 Å². The molecule has 6 heteroatoms. The highest BCUT2D eigenvalue weighted by Crippen LogP contribution is 2.24. The highest BCUT2D eigenvalue weighted by molar-refractivity contribution is 5.78. The number of carbonyl (C=O) groups is 1. The van der Waals surface area contributed by atoms with E-state index in [4.69, 9.17) is 10.00 Å². The van der Waals surface area contributed by atoms with Gasteiger partial charge in [-0.2, -0.15) is 5.26 Å². The number of nitrogens with zero attached hydrogens (tertiary/aromatic N) is 2. The van der Waals surface area contributed by atoms with Gasteiger partial charge in [0.2, 0.25) is 0 Å². The van der Waals surface area contributed by atoms with Crippen molar-refractivity contribution in [2.75, 3.05) is 6.61 Å². The Hall–Kier alpha value is -2.42. The Labute approximate surface area is 104 Å². The van der Waals surface area contributed by atoms with Gasteiger partial charge in [0, 0.05) is 6.07 Å². The molecular weight excluding hydrogens is 236 g/mol. The highest BCUT2D eigenvalue weighted by Gasteiger charge is 2.20. The van der Waals surface area contributed by atoms with Gasteiger partial charge < -0.3 is 4.74 Å². The molecule has 0 aromatic heterocycles. The van der Waals surface area contributed by atoms with Crippen LogP contribution in [0.25, 0.3) is 0 Å². The Balaban J connectivity index is 3.10. The van der Waals surface area contributed by atoms with Crippen molar-refractivity contribution in [1.29, 1.82) is 5.26 Å². The lowest BCUT2D eigenvalue weighted by Gasteiger charge is -2.10. The minimum atomic E-state index is -0.628. The third-order valence-electron chi connectivity index (χ3n) is 2.48. The fourth-order valence-corrected chi connectivity index (χ4v) is 1.48. The fraction of sp³-hybridized carbons (Fsp3) is 0.333. The van der Waals surface area contributed by atoms with Gasteiger partial charge in [0.25, 0.3) is 5.69 Å². The van der Waals surface area contributed by atoms with Crippen molar-refractivity contribution < 1.29 is 14.5 Å². The predicted octanol–water partition coefficient (Wildman–Crippen LogP) is 2.13. The van der Waals surface area contributed by atoms with Gasteiger partial charge in [-0.15, -0.1) is 0 Å². The van der Waals surface area contributed by atoms with Crippen molar-refractivity contribution in [2.45, 2.75) is 19.8 Å². The Morgan fingerprint density at radius 2 is 2.28 bits per heavy atom. The van der Waals surface area contributed by atoms with Gasteiger partial charge in [0.15, 0.2) is 0 Å². The van der Waals surface area contributed by atoms with Crippen molar-refractivity contribution in [3.63, 3.8) is 0 Å². The summed E-state index contributed by atoms with van der Waals surface area (Å²) in [6.07, 6.45) is 0. The molecular formula is C12H12N2O4. The first kappa shape index (κ1) is 13.6. The summed E-state index contributed by atoms with van der Waals surface area (Å²) in [6.45, 7) is 3.59. The Bertz CT molecular complexity index is 519. The number of carbonyl (C=O) groups excluding carboxylic acids is 1. The van der Waals surface area contributed by atoms with E-state index in [-0.39, 0.29) is 17.9 Å². The molecule has 94 valence electrons. The highest BCUT2D eigenvalue weighted by atomic mass is 16.6. The maximum atomic E-state index is 11.5. The minimum Gasteiger partial charge on any atom is -0.466 e. The first-order chi connectivity index (χ1) is 8.51. The molecule has 1 atom stereocenters. The second-order valence-corrected chi connectivity index (χ2v) is 3.62. The van der Waals surface area contributed by atoms with E-state index in [1.807, 2.05) is 0 Å². The quantitative estimate of drug-likeness (QED) is 0.462. The van der Waals surface area contributed by atoms with Crippen LogP contribution in [0.4, 0.5) is 5.69 Å². The Kier molecular flexibility index (Phi) is 4.38. The molecule has 1 unspecified atom stereocenters. The first-order valence-corrected chi connectivity index (χ1v) is 5.36. The monoisotopic (exact) mass is 248 g/mol. The van der Waals surface area contributed by atoms with Crippen molar-refractivity contribution >= 4 is 11.7 Å². The second kappa shape index (κ2) is 5.77. The van der Waals surface area contributed by atoms with E-state index in [9.17, 15) is 14.9 Å². The lowest BCUT2D eigenvalue weighted by atomic mass is 9.98. The summed E-state index contributed by atoms with van der Waals surface area (Å²) in [5, 5.41) is 19.5. The second-order valence-electron chi connectivity index (χ2n) is 3.62. The topological polar surface area (TPSA) is 93.2 Å². The molecule has 0 N–H and O–H groups in total. The molecule has 0 saturated heterocycles. The third-order valence-corrected chi connectivity index (χ3v) is 2.48. The molecule has 1 aromatic carbocycles. The van der Waals surface area contributed by atoms with Crippen LogP contribution >= 0.6 is 0 Å². The molecule has 0 amide bonds. The molecule has 0 radical (unpaired) electrons. The van der Waals surface area contributed by atoms with Gasteiger partial charge in [-0.3, -0.25) is 14.9 Å². The maximum Gasteiger partial charge on any atom is 0.313 e. The van der Waals surface area contributed by atoms with Crippen molar-refractivity contribution in [1.82, 2.24) is 0 Å². The van der Waals surface area contributed by atoms with Crippen LogP contribution in [0.3, 0.4) is 0 Å². The van der Waals surface area contributed by atoms with Crippen LogP contribution in [-0.2, 0) is 9.53 Å². The lowest BCUT2D eigenvalue weighted by Crippen LogP contribution is -2.13. The fourth-order valence-electron chi connectivity index (χ4n) is 1.48. The van der Waals surface area contributed by atoms with Gasteiger partial charge in [-0.1, -0.05) is 6.07 Å². The third kappa shape index (κ3) is 2.83. The Morgan fingerprint density at radius 1 is 1.61 bits per heavy atom. The van der Waals surface area contributed by atoms with Crippen molar-refractivity contribution in [3.05, 3.63) is 39.4 Å². The number of nitro benzene ring substituents is 1. The molecule has 0 heterocycles. The molecule has 0 aliphatic rings. The molecule has 0 spiro atoms. The molecule has 1 rings (SSSR count). The average molecular weight is 248 g/mol. The number of nitro groups is 1. The summed E-state index contributed by atoms with van der Waals surface area (Å²) < 4.78 is 4.85. The van der Waals surface area contributed by atoms with Crippen LogP contribution in [-0.4, -0.2) is 17.5 Å². The normalized spacial score (nSPS) is 11.4. The molecule has 6 nitrogen and oxygen atoms in total. The minimum absolute atomic E-state index is 0.0614. The summed E-state index contributed by atoms with van der Waals surface area (Å²) >= 11 is 0. The van der Waals surface area contributed by atoms with Crippen LogP contribution in [0.5, 0.6) is 0 Å². The number of hydrogen-bond donors (Lipinski definition) is 0. The van der Waals surface area contributed by atoms with Crippen molar-refractivity contribution in [2.24, 2.45) is 0 Å². The van der Waals surface area contributed by atoms with Gasteiger partial charge in [0.1, 0.15) is 11.6 Å². The van der Waals surface area contributed by atoms with E-state index < -0.39 is 16.8 Å². The number of ether oxygens (including phenoxy) is 1.